The van der Waals surface area contributed by atoms with Gasteiger partial charge in [0, 0.05) is 11.3 Å². The number of carbonyl (C=O) groups is 1. The van der Waals surface area contributed by atoms with Gasteiger partial charge in [-0.1, -0.05) is 37.5 Å². The van der Waals surface area contributed by atoms with Crippen molar-refractivity contribution in [3.63, 3.8) is 0 Å². The number of carboxylic acid groups (broad SMARTS) is 1. The maximum atomic E-state index is 12.6. The third-order valence-corrected chi connectivity index (χ3v) is 4.72. The van der Waals surface area contributed by atoms with Gasteiger partial charge in [0.05, 0.1) is 11.1 Å². The summed E-state index contributed by atoms with van der Waals surface area (Å²) < 4.78 is 0. The second-order valence-electron chi connectivity index (χ2n) is 6.30. The molecular weight excluding hydrogens is 290 g/mol. The number of rotatable bonds is 3. The molecule has 3 rings (SSSR count). The number of aryl methyl sites for hydroxylation is 1. The van der Waals surface area contributed by atoms with Crippen molar-refractivity contribution in [2.24, 2.45) is 0 Å². The first-order chi connectivity index (χ1) is 11.1. The summed E-state index contributed by atoms with van der Waals surface area (Å²) in [6.45, 7) is 1.88. The van der Waals surface area contributed by atoms with Crippen molar-refractivity contribution in [1.29, 1.82) is 0 Å². The Bertz CT molecular complexity index is 785. The molecule has 0 spiro atoms. The fourth-order valence-corrected chi connectivity index (χ4v) is 3.57. The average Bonchev–Trinajstić information content (AvgIpc) is 2.55. The molecule has 0 amide bonds. The van der Waals surface area contributed by atoms with Gasteiger partial charge in [-0.2, -0.15) is 0 Å². The van der Waals surface area contributed by atoms with Crippen LogP contribution in [0.3, 0.4) is 0 Å². The molecule has 1 aromatic carbocycles. The van der Waals surface area contributed by atoms with Gasteiger partial charge < -0.3 is 10.1 Å². The standard InChI is InChI=1S/C19H21NO3/c1-12-11-16(13-7-3-2-4-8-13)20-18(21)17(12)14-9-5-6-10-15(14)19(22)23/h5-6,9-11,13H,2-4,7-8H2,1H3,(H,20,21)(H,22,23). The number of hydrogen-bond donors (Lipinski definition) is 2. The SMILES string of the molecule is Cc1cc(C2CCCCC2)[nH]c(=O)c1-c1ccccc1C(=O)O. The third kappa shape index (κ3) is 3.07. The minimum absolute atomic E-state index is 0.159. The van der Waals surface area contributed by atoms with Crippen molar-refractivity contribution in [2.75, 3.05) is 0 Å². The molecule has 2 N–H and O–H groups in total. The van der Waals surface area contributed by atoms with Gasteiger partial charge in [0.2, 0.25) is 0 Å². The first kappa shape index (κ1) is 15.5. The van der Waals surface area contributed by atoms with Crippen molar-refractivity contribution < 1.29 is 9.90 Å². The lowest BCUT2D eigenvalue weighted by Gasteiger charge is -2.22. The number of hydrogen-bond acceptors (Lipinski definition) is 2. The van der Waals surface area contributed by atoms with E-state index in [9.17, 15) is 14.7 Å². The number of nitrogens with one attached hydrogen (secondary N) is 1. The maximum Gasteiger partial charge on any atom is 0.336 e. The van der Waals surface area contributed by atoms with Gasteiger partial charge in [0.25, 0.3) is 5.56 Å². The van der Waals surface area contributed by atoms with Crippen molar-refractivity contribution in [2.45, 2.75) is 44.9 Å². The normalized spacial score (nSPS) is 15.5. The molecule has 1 aliphatic rings. The average molecular weight is 311 g/mol. The maximum absolute atomic E-state index is 12.6. The summed E-state index contributed by atoms with van der Waals surface area (Å²) in [7, 11) is 0. The summed E-state index contributed by atoms with van der Waals surface area (Å²) in [5.41, 5.74) is 2.73. The van der Waals surface area contributed by atoms with Gasteiger partial charge in [-0.15, -0.1) is 0 Å². The zero-order chi connectivity index (χ0) is 16.4. The van der Waals surface area contributed by atoms with Crippen LogP contribution in [0.5, 0.6) is 0 Å². The highest BCUT2D eigenvalue weighted by Crippen LogP contribution is 2.33. The fourth-order valence-electron chi connectivity index (χ4n) is 3.57. The van der Waals surface area contributed by atoms with Crippen LogP contribution in [-0.4, -0.2) is 16.1 Å². The van der Waals surface area contributed by atoms with Crippen molar-refractivity contribution in [3.8, 4) is 11.1 Å². The molecule has 1 aliphatic carbocycles. The predicted octanol–water partition coefficient (Wildman–Crippen LogP) is 4.10. The Morgan fingerprint density at radius 1 is 1.17 bits per heavy atom. The second-order valence-corrected chi connectivity index (χ2v) is 6.30. The Labute approximate surface area is 135 Å². The molecule has 0 bridgehead atoms. The van der Waals surface area contributed by atoms with Crippen LogP contribution in [0.25, 0.3) is 11.1 Å². The quantitative estimate of drug-likeness (QED) is 0.896. The second kappa shape index (κ2) is 6.41. The molecule has 0 aliphatic heterocycles. The molecule has 1 aromatic heterocycles. The lowest BCUT2D eigenvalue weighted by molar-refractivity contribution is 0.0697. The van der Waals surface area contributed by atoms with E-state index in [2.05, 4.69) is 4.98 Å². The Morgan fingerprint density at radius 2 is 1.87 bits per heavy atom. The van der Waals surface area contributed by atoms with Crippen LogP contribution in [0.1, 0.15) is 59.6 Å². The molecule has 0 saturated heterocycles. The van der Waals surface area contributed by atoms with Crippen molar-refractivity contribution in [3.05, 3.63) is 57.5 Å². The summed E-state index contributed by atoms with van der Waals surface area (Å²) in [6, 6.07) is 8.68. The number of carboxylic acids is 1. The lowest BCUT2D eigenvalue weighted by Crippen LogP contribution is -2.18. The van der Waals surface area contributed by atoms with E-state index in [0.717, 1.165) is 24.1 Å². The van der Waals surface area contributed by atoms with E-state index in [1.807, 2.05) is 13.0 Å². The van der Waals surface area contributed by atoms with Crippen LogP contribution < -0.4 is 5.56 Å². The molecule has 1 saturated carbocycles. The van der Waals surface area contributed by atoms with E-state index in [-0.39, 0.29) is 11.1 Å². The summed E-state index contributed by atoms with van der Waals surface area (Å²) in [6.07, 6.45) is 5.90. The molecular formula is C19H21NO3. The van der Waals surface area contributed by atoms with Crippen LogP contribution in [0, 0.1) is 6.92 Å². The molecule has 0 atom stereocenters. The number of aromatic carboxylic acids is 1. The van der Waals surface area contributed by atoms with E-state index in [1.165, 1.54) is 25.3 Å². The minimum atomic E-state index is -1.02. The Kier molecular flexibility index (Phi) is 4.33. The van der Waals surface area contributed by atoms with E-state index in [0.29, 0.717) is 17.0 Å². The van der Waals surface area contributed by atoms with E-state index >= 15 is 0 Å². The van der Waals surface area contributed by atoms with Gasteiger partial charge >= 0.3 is 5.97 Å². The topological polar surface area (TPSA) is 70.2 Å². The first-order valence-corrected chi connectivity index (χ1v) is 8.14. The molecule has 120 valence electrons. The highest BCUT2D eigenvalue weighted by molar-refractivity contribution is 5.96. The molecule has 0 unspecified atom stereocenters. The lowest BCUT2D eigenvalue weighted by atomic mass is 9.85. The molecule has 1 fully saturated rings. The van der Waals surface area contributed by atoms with Gasteiger partial charge in [0.1, 0.15) is 0 Å². The van der Waals surface area contributed by atoms with E-state index in [1.54, 1.807) is 18.2 Å². The predicted molar refractivity (Wildman–Crippen MR) is 90.0 cm³/mol. The monoisotopic (exact) mass is 311 g/mol. The van der Waals surface area contributed by atoms with Gasteiger partial charge in [-0.3, -0.25) is 4.79 Å². The van der Waals surface area contributed by atoms with Crippen LogP contribution >= 0.6 is 0 Å². The summed E-state index contributed by atoms with van der Waals surface area (Å²) in [5, 5.41) is 9.35. The highest BCUT2D eigenvalue weighted by atomic mass is 16.4. The van der Waals surface area contributed by atoms with Gasteiger partial charge in [-0.05, 0) is 43.4 Å². The number of aromatic nitrogens is 1. The van der Waals surface area contributed by atoms with Gasteiger partial charge in [-0.25, -0.2) is 4.79 Å². The van der Waals surface area contributed by atoms with Crippen molar-refractivity contribution >= 4 is 5.97 Å². The summed E-state index contributed by atoms with van der Waals surface area (Å²) >= 11 is 0. The molecule has 0 radical (unpaired) electrons. The zero-order valence-electron chi connectivity index (χ0n) is 13.3. The highest BCUT2D eigenvalue weighted by Gasteiger charge is 2.20. The van der Waals surface area contributed by atoms with Crippen LogP contribution in [0.15, 0.2) is 35.1 Å². The number of aromatic amines is 1. The summed E-state index contributed by atoms with van der Waals surface area (Å²) in [4.78, 5) is 27.1. The molecule has 4 nitrogen and oxygen atoms in total. The van der Waals surface area contributed by atoms with E-state index < -0.39 is 5.97 Å². The Morgan fingerprint density at radius 3 is 2.52 bits per heavy atom. The van der Waals surface area contributed by atoms with Gasteiger partial charge in [0.15, 0.2) is 0 Å². The Balaban J connectivity index is 2.08. The molecule has 4 heteroatoms. The zero-order valence-corrected chi connectivity index (χ0v) is 13.3. The Hall–Kier alpha value is -2.36. The number of benzene rings is 1. The van der Waals surface area contributed by atoms with Crippen molar-refractivity contribution in [1.82, 2.24) is 4.98 Å². The molecule has 2 aromatic rings. The third-order valence-electron chi connectivity index (χ3n) is 4.72. The molecule has 23 heavy (non-hydrogen) atoms. The van der Waals surface area contributed by atoms with Crippen LogP contribution in [0.2, 0.25) is 0 Å². The first-order valence-electron chi connectivity index (χ1n) is 8.14. The largest absolute Gasteiger partial charge is 0.478 e. The number of H-pyrrole nitrogens is 1. The molecule has 1 heterocycles. The fraction of sp³-hybridized carbons (Fsp3) is 0.368. The van der Waals surface area contributed by atoms with Crippen LogP contribution in [0.4, 0.5) is 0 Å². The summed E-state index contributed by atoms with van der Waals surface area (Å²) in [5.74, 6) is -0.602. The van der Waals surface area contributed by atoms with Crippen LogP contribution in [-0.2, 0) is 0 Å². The van der Waals surface area contributed by atoms with E-state index in [4.69, 9.17) is 0 Å². The smallest absolute Gasteiger partial charge is 0.336 e. The minimum Gasteiger partial charge on any atom is -0.478 e. The number of pyridine rings is 1.